The van der Waals surface area contributed by atoms with Gasteiger partial charge in [-0.1, -0.05) is 23.4 Å². The molecule has 0 saturated heterocycles. The van der Waals surface area contributed by atoms with E-state index in [0.717, 1.165) is 0 Å². The third-order valence-corrected chi connectivity index (χ3v) is 2.48. The predicted molar refractivity (Wildman–Crippen MR) is 69.2 cm³/mol. The molecule has 98 valence electrons. The number of hydrogen-bond donors (Lipinski definition) is 3. The highest BCUT2D eigenvalue weighted by Crippen LogP contribution is 2.26. The Balaban J connectivity index is 2.39. The summed E-state index contributed by atoms with van der Waals surface area (Å²) in [7, 11) is 0. The molecule has 0 unspecified atom stereocenters. The molecule has 4 N–H and O–H groups in total. The summed E-state index contributed by atoms with van der Waals surface area (Å²) in [6.07, 6.45) is 1.51. The minimum absolute atomic E-state index is 0.142. The Kier molecular flexibility index (Phi) is 3.94. The number of ether oxygens (including phenoxy) is 1. The zero-order chi connectivity index (χ0) is 13.7. The van der Waals surface area contributed by atoms with Crippen LogP contribution in [-0.2, 0) is 6.61 Å². The summed E-state index contributed by atoms with van der Waals surface area (Å²) in [5.74, 6) is 0.695. The van der Waals surface area contributed by atoms with Crippen LogP contribution in [0.4, 0.5) is 0 Å². The first-order valence-corrected chi connectivity index (χ1v) is 5.55. The normalized spacial score (nSPS) is 11.3. The van der Waals surface area contributed by atoms with Crippen molar-refractivity contribution in [1.29, 1.82) is 0 Å². The summed E-state index contributed by atoms with van der Waals surface area (Å²) < 4.78 is 5.66. The number of nitrogens with zero attached hydrogens (tertiary/aromatic N) is 2. The van der Waals surface area contributed by atoms with Crippen molar-refractivity contribution in [2.75, 3.05) is 0 Å². The summed E-state index contributed by atoms with van der Waals surface area (Å²) in [4.78, 5) is 4.00. The quantitative estimate of drug-likeness (QED) is 0.334. The Bertz CT molecular complexity index is 599. The molecule has 6 heteroatoms. The Morgan fingerprint density at radius 2 is 1.95 bits per heavy atom. The number of pyridine rings is 1. The van der Waals surface area contributed by atoms with Crippen molar-refractivity contribution in [3.8, 4) is 11.5 Å². The number of amidine groups is 1. The standard InChI is InChI=1S/C13H13N3O3/c14-13(16-18)12-11(6-3-7-15-12)19-10-5-2-1-4-9(10)8-17/h1-7,17-18H,8H2,(H2,14,16). The van der Waals surface area contributed by atoms with Crippen LogP contribution in [0.15, 0.2) is 47.8 Å². The molecule has 0 saturated carbocycles. The molecule has 0 aliphatic rings. The number of aliphatic hydroxyl groups excluding tert-OH is 1. The first-order valence-electron chi connectivity index (χ1n) is 5.55. The van der Waals surface area contributed by atoms with Gasteiger partial charge < -0.3 is 20.8 Å². The van der Waals surface area contributed by atoms with Gasteiger partial charge in [-0.25, -0.2) is 4.98 Å². The number of benzene rings is 1. The summed E-state index contributed by atoms with van der Waals surface area (Å²) >= 11 is 0. The number of para-hydroxylation sites is 1. The van der Waals surface area contributed by atoms with Crippen LogP contribution in [0.2, 0.25) is 0 Å². The van der Waals surface area contributed by atoms with Crippen LogP contribution in [0, 0.1) is 0 Å². The summed E-state index contributed by atoms with van der Waals surface area (Å²) in [6.45, 7) is -0.144. The number of aromatic nitrogens is 1. The smallest absolute Gasteiger partial charge is 0.192 e. The SMILES string of the molecule is N/C(=N/O)c1ncccc1Oc1ccccc1CO. The predicted octanol–water partition coefficient (Wildman–Crippen LogP) is 1.46. The highest BCUT2D eigenvalue weighted by atomic mass is 16.5. The Labute approximate surface area is 109 Å². The van der Waals surface area contributed by atoms with Crippen molar-refractivity contribution in [3.05, 3.63) is 53.9 Å². The average molecular weight is 259 g/mol. The maximum atomic E-state index is 9.24. The molecule has 19 heavy (non-hydrogen) atoms. The molecular weight excluding hydrogens is 246 g/mol. The van der Waals surface area contributed by atoms with Gasteiger partial charge in [0.25, 0.3) is 0 Å². The zero-order valence-electron chi connectivity index (χ0n) is 10.0. The van der Waals surface area contributed by atoms with Crippen molar-refractivity contribution < 1.29 is 15.1 Å². The van der Waals surface area contributed by atoms with Gasteiger partial charge in [-0.15, -0.1) is 0 Å². The van der Waals surface area contributed by atoms with E-state index in [-0.39, 0.29) is 18.1 Å². The zero-order valence-corrected chi connectivity index (χ0v) is 10.0. The first kappa shape index (κ1) is 12.8. The molecule has 6 nitrogen and oxygen atoms in total. The molecule has 0 radical (unpaired) electrons. The third kappa shape index (κ3) is 2.80. The largest absolute Gasteiger partial charge is 0.455 e. The Morgan fingerprint density at radius 1 is 1.21 bits per heavy atom. The van der Waals surface area contributed by atoms with Crippen molar-refractivity contribution in [1.82, 2.24) is 4.98 Å². The van der Waals surface area contributed by atoms with Gasteiger partial charge >= 0.3 is 0 Å². The highest BCUT2D eigenvalue weighted by Gasteiger charge is 2.11. The monoisotopic (exact) mass is 259 g/mol. The summed E-state index contributed by atoms with van der Waals surface area (Å²) in [5, 5.41) is 20.9. The van der Waals surface area contributed by atoms with Crippen LogP contribution < -0.4 is 10.5 Å². The molecule has 1 heterocycles. The van der Waals surface area contributed by atoms with Crippen LogP contribution in [0.25, 0.3) is 0 Å². The van der Waals surface area contributed by atoms with E-state index in [1.54, 1.807) is 36.4 Å². The fraction of sp³-hybridized carbons (Fsp3) is 0.0769. The second kappa shape index (κ2) is 5.83. The second-order valence-corrected chi connectivity index (χ2v) is 3.70. The molecule has 1 aromatic heterocycles. The molecule has 2 aromatic rings. The van der Waals surface area contributed by atoms with E-state index in [2.05, 4.69) is 10.1 Å². The molecule has 0 aliphatic heterocycles. The van der Waals surface area contributed by atoms with Crippen LogP contribution in [0.3, 0.4) is 0 Å². The van der Waals surface area contributed by atoms with E-state index in [0.29, 0.717) is 17.1 Å². The minimum atomic E-state index is -0.144. The summed E-state index contributed by atoms with van der Waals surface area (Å²) in [5.41, 5.74) is 6.40. The molecule has 0 amide bonds. The second-order valence-electron chi connectivity index (χ2n) is 3.70. The maximum absolute atomic E-state index is 9.24. The molecule has 0 spiro atoms. The number of nitrogens with two attached hydrogens (primary N) is 1. The minimum Gasteiger partial charge on any atom is -0.455 e. The lowest BCUT2D eigenvalue weighted by molar-refractivity contribution is 0.276. The lowest BCUT2D eigenvalue weighted by Gasteiger charge is -2.11. The molecule has 2 rings (SSSR count). The van der Waals surface area contributed by atoms with Gasteiger partial charge in [-0.05, 0) is 18.2 Å². The molecule has 0 atom stereocenters. The fourth-order valence-corrected chi connectivity index (χ4v) is 1.57. The van der Waals surface area contributed by atoms with Crippen LogP contribution in [-0.4, -0.2) is 21.1 Å². The topological polar surface area (TPSA) is 101 Å². The molecule has 0 aliphatic carbocycles. The van der Waals surface area contributed by atoms with Gasteiger partial charge in [-0.2, -0.15) is 0 Å². The van der Waals surface area contributed by atoms with Crippen molar-refractivity contribution in [2.24, 2.45) is 10.9 Å². The van der Waals surface area contributed by atoms with Crippen molar-refractivity contribution in [3.63, 3.8) is 0 Å². The van der Waals surface area contributed by atoms with Gasteiger partial charge in [-0.3, -0.25) is 0 Å². The number of rotatable bonds is 4. The van der Waals surface area contributed by atoms with E-state index < -0.39 is 0 Å². The lowest BCUT2D eigenvalue weighted by atomic mass is 10.2. The van der Waals surface area contributed by atoms with Gasteiger partial charge in [0.05, 0.1) is 6.61 Å². The Hall–Kier alpha value is -2.60. The number of aliphatic hydroxyl groups is 1. The maximum Gasteiger partial charge on any atom is 0.192 e. The van der Waals surface area contributed by atoms with Crippen LogP contribution in [0.1, 0.15) is 11.3 Å². The van der Waals surface area contributed by atoms with Gasteiger partial charge in [0.1, 0.15) is 5.75 Å². The van der Waals surface area contributed by atoms with Gasteiger partial charge in [0.2, 0.25) is 0 Å². The molecule has 0 bridgehead atoms. The van der Waals surface area contributed by atoms with Crippen LogP contribution >= 0.6 is 0 Å². The third-order valence-electron chi connectivity index (χ3n) is 2.48. The van der Waals surface area contributed by atoms with E-state index in [1.807, 2.05) is 0 Å². The lowest BCUT2D eigenvalue weighted by Crippen LogP contribution is -2.16. The highest BCUT2D eigenvalue weighted by molar-refractivity contribution is 5.97. The van der Waals surface area contributed by atoms with E-state index >= 15 is 0 Å². The van der Waals surface area contributed by atoms with E-state index in [4.69, 9.17) is 15.7 Å². The number of hydrogen-bond acceptors (Lipinski definition) is 5. The van der Waals surface area contributed by atoms with Gasteiger partial charge in [0.15, 0.2) is 17.3 Å². The van der Waals surface area contributed by atoms with Crippen molar-refractivity contribution in [2.45, 2.75) is 6.61 Å². The van der Waals surface area contributed by atoms with Crippen LogP contribution in [0.5, 0.6) is 11.5 Å². The molecule has 1 aromatic carbocycles. The average Bonchev–Trinajstić information content (AvgIpc) is 2.47. The molecular formula is C13H13N3O3. The Morgan fingerprint density at radius 3 is 2.68 bits per heavy atom. The summed E-state index contributed by atoms with van der Waals surface area (Å²) in [6, 6.07) is 10.4. The van der Waals surface area contributed by atoms with Gasteiger partial charge in [0, 0.05) is 11.8 Å². The van der Waals surface area contributed by atoms with E-state index in [9.17, 15) is 5.11 Å². The van der Waals surface area contributed by atoms with Crippen molar-refractivity contribution >= 4 is 5.84 Å². The number of oxime groups is 1. The first-order chi connectivity index (χ1) is 9.26. The van der Waals surface area contributed by atoms with E-state index in [1.165, 1.54) is 6.20 Å². The molecule has 0 fully saturated rings. The fourth-order valence-electron chi connectivity index (χ4n) is 1.57.